The molecule has 0 unspecified atom stereocenters. The van der Waals surface area contributed by atoms with Crippen molar-refractivity contribution in [2.45, 2.75) is 19.3 Å². The standard InChI is InChI=1S/C23H20N4O/c1-23(2)13-25-21-10-16(6-8-18(21)23)20-12-22(27-14-26-20)28-17-7-5-15-4-3-9-24-19(15)11-17/h3-12,14,25H,13H2,1-2H3. The van der Waals surface area contributed by atoms with E-state index in [1.807, 2.05) is 36.4 Å². The Morgan fingerprint density at radius 1 is 0.964 bits per heavy atom. The van der Waals surface area contributed by atoms with E-state index in [0.717, 1.165) is 28.7 Å². The number of hydrogen-bond acceptors (Lipinski definition) is 5. The minimum atomic E-state index is 0.151. The highest BCUT2D eigenvalue weighted by atomic mass is 16.5. The third-order valence-electron chi connectivity index (χ3n) is 5.21. The maximum atomic E-state index is 5.97. The van der Waals surface area contributed by atoms with Crippen LogP contribution >= 0.6 is 0 Å². The summed E-state index contributed by atoms with van der Waals surface area (Å²) in [6.07, 6.45) is 3.31. The summed E-state index contributed by atoms with van der Waals surface area (Å²) in [5.41, 5.74) is 5.42. The van der Waals surface area contributed by atoms with Gasteiger partial charge in [-0.15, -0.1) is 0 Å². The average molecular weight is 368 g/mol. The zero-order valence-electron chi connectivity index (χ0n) is 15.8. The van der Waals surface area contributed by atoms with E-state index in [9.17, 15) is 0 Å². The maximum Gasteiger partial charge on any atom is 0.222 e. The molecule has 1 aliphatic heterocycles. The first kappa shape index (κ1) is 16.7. The SMILES string of the molecule is CC1(C)CNc2cc(-c3cc(Oc4ccc5cccnc5c4)ncn3)ccc21. The van der Waals surface area contributed by atoms with Gasteiger partial charge in [-0.25, -0.2) is 9.97 Å². The lowest BCUT2D eigenvalue weighted by Gasteiger charge is -2.17. The molecule has 1 aliphatic rings. The second-order valence-corrected chi connectivity index (χ2v) is 7.70. The van der Waals surface area contributed by atoms with Gasteiger partial charge in [0.1, 0.15) is 12.1 Å². The molecule has 5 nitrogen and oxygen atoms in total. The zero-order valence-corrected chi connectivity index (χ0v) is 15.8. The average Bonchev–Trinajstić information content (AvgIpc) is 3.02. The van der Waals surface area contributed by atoms with Crippen LogP contribution in [0.15, 0.2) is 67.1 Å². The zero-order chi connectivity index (χ0) is 19.1. The van der Waals surface area contributed by atoms with Crippen LogP contribution < -0.4 is 10.1 Å². The third-order valence-corrected chi connectivity index (χ3v) is 5.21. The molecule has 2 aromatic carbocycles. The van der Waals surface area contributed by atoms with E-state index >= 15 is 0 Å². The Labute approximate surface area is 163 Å². The molecule has 2 aromatic heterocycles. The molecule has 0 spiro atoms. The molecule has 3 heterocycles. The summed E-state index contributed by atoms with van der Waals surface area (Å²) < 4.78 is 5.97. The van der Waals surface area contributed by atoms with Crippen LogP contribution in [0, 0.1) is 0 Å². The summed E-state index contributed by atoms with van der Waals surface area (Å²) in [5.74, 6) is 1.21. The Morgan fingerprint density at radius 2 is 1.89 bits per heavy atom. The van der Waals surface area contributed by atoms with Crippen molar-refractivity contribution in [2.75, 3.05) is 11.9 Å². The van der Waals surface area contributed by atoms with Gasteiger partial charge in [0.25, 0.3) is 0 Å². The van der Waals surface area contributed by atoms with Crippen LogP contribution in [-0.2, 0) is 5.41 Å². The molecule has 0 radical (unpaired) electrons. The largest absolute Gasteiger partial charge is 0.439 e. The molecule has 0 atom stereocenters. The second kappa shape index (κ2) is 6.30. The third kappa shape index (κ3) is 2.95. The lowest BCUT2D eigenvalue weighted by atomic mass is 9.86. The summed E-state index contributed by atoms with van der Waals surface area (Å²) in [6.45, 7) is 5.45. The number of fused-ring (bicyclic) bond motifs is 2. The number of benzene rings is 2. The van der Waals surface area contributed by atoms with Gasteiger partial charge in [0.2, 0.25) is 5.88 Å². The summed E-state index contributed by atoms with van der Waals surface area (Å²) in [6, 6.07) is 18.1. The van der Waals surface area contributed by atoms with Crippen LogP contribution in [-0.4, -0.2) is 21.5 Å². The molecule has 0 saturated heterocycles. The Morgan fingerprint density at radius 3 is 2.82 bits per heavy atom. The van der Waals surface area contributed by atoms with Gasteiger partial charge in [0.05, 0.1) is 11.2 Å². The topological polar surface area (TPSA) is 59.9 Å². The van der Waals surface area contributed by atoms with Gasteiger partial charge in [0, 0.05) is 46.9 Å². The monoisotopic (exact) mass is 368 g/mol. The number of nitrogens with one attached hydrogen (secondary N) is 1. The molecule has 138 valence electrons. The normalized spacial score (nSPS) is 14.5. The van der Waals surface area contributed by atoms with Crippen LogP contribution in [0.3, 0.4) is 0 Å². The van der Waals surface area contributed by atoms with E-state index in [0.29, 0.717) is 11.6 Å². The maximum absolute atomic E-state index is 5.97. The minimum absolute atomic E-state index is 0.151. The number of pyridine rings is 1. The van der Waals surface area contributed by atoms with Gasteiger partial charge in [-0.3, -0.25) is 4.98 Å². The van der Waals surface area contributed by atoms with Crippen molar-refractivity contribution in [1.29, 1.82) is 0 Å². The van der Waals surface area contributed by atoms with E-state index < -0.39 is 0 Å². The lowest BCUT2D eigenvalue weighted by molar-refractivity contribution is 0.462. The lowest BCUT2D eigenvalue weighted by Crippen LogP contribution is -2.18. The molecule has 5 heteroatoms. The summed E-state index contributed by atoms with van der Waals surface area (Å²) in [4.78, 5) is 13.1. The number of ether oxygens (including phenoxy) is 1. The van der Waals surface area contributed by atoms with Crippen LogP contribution in [0.4, 0.5) is 5.69 Å². The van der Waals surface area contributed by atoms with Crippen molar-refractivity contribution in [3.05, 3.63) is 72.7 Å². The Hall–Kier alpha value is -3.47. The number of aromatic nitrogens is 3. The highest BCUT2D eigenvalue weighted by Crippen LogP contribution is 2.38. The van der Waals surface area contributed by atoms with E-state index in [2.05, 4.69) is 52.3 Å². The van der Waals surface area contributed by atoms with Gasteiger partial charge in [0.15, 0.2) is 0 Å². The molecule has 0 aliphatic carbocycles. The van der Waals surface area contributed by atoms with Crippen molar-refractivity contribution in [1.82, 2.24) is 15.0 Å². The van der Waals surface area contributed by atoms with E-state index in [1.54, 1.807) is 6.20 Å². The van der Waals surface area contributed by atoms with Crippen LogP contribution in [0.2, 0.25) is 0 Å². The van der Waals surface area contributed by atoms with Crippen molar-refractivity contribution in [3.63, 3.8) is 0 Å². The van der Waals surface area contributed by atoms with E-state index in [1.165, 1.54) is 17.6 Å². The predicted octanol–water partition coefficient (Wildman–Crippen LogP) is 5.19. The molecule has 0 bridgehead atoms. The first-order valence-corrected chi connectivity index (χ1v) is 9.32. The molecule has 1 N–H and O–H groups in total. The molecule has 0 fully saturated rings. The molecular formula is C23H20N4O. The van der Waals surface area contributed by atoms with Gasteiger partial charge in [-0.1, -0.05) is 32.0 Å². The molecule has 0 amide bonds. The first-order valence-electron chi connectivity index (χ1n) is 9.32. The van der Waals surface area contributed by atoms with Gasteiger partial charge in [-0.2, -0.15) is 0 Å². The fourth-order valence-electron chi connectivity index (χ4n) is 3.64. The van der Waals surface area contributed by atoms with Crippen molar-refractivity contribution < 1.29 is 4.74 Å². The van der Waals surface area contributed by atoms with Gasteiger partial charge in [-0.05, 0) is 29.8 Å². The van der Waals surface area contributed by atoms with Crippen molar-refractivity contribution in [2.24, 2.45) is 0 Å². The van der Waals surface area contributed by atoms with Gasteiger partial charge >= 0.3 is 0 Å². The summed E-state index contributed by atoms with van der Waals surface area (Å²) in [7, 11) is 0. The molecule has 5 rings (SSSR count). The summed E-state index contributed by atoms with van der Waals surface area (Å²) >= 11 is 0. The Balaban J connectivity index is 1.45. The Kier molecular flexibility index (Phi) is 3.76. The molecule has 28 heavy (non-hydrogen) atoms. The predicted molar refractivity (Wildman–Crippen MR) is 111 cm³/mol. The highest BCUT2D eigenvalue weighted by molar-refractivity contribution is 5.79. The van der Waals surface area contributed by atoms with Crippen molar-refractivity contribution >= 4 is 16.6 Å². The molecular weight excluding hydrogens is 348 g/mol. The van der Waals surface area contributed by atoms with E-state index in [-0.39, 0.29) is 5.41 Å². The minimum Gasteiger partial charge on any atom is -0.439 e. The van der Waals surface area contributed by atoms with Crippen LogP contribution in [0.25, 0.3) is 22.2 Å². The smallest absolute Gasteiger partial charge is 0.222 e. The van der Waals surface area contributed by atoms with Gasteiger partial charge < -0.3 is 10.1 Å². The molecule has 4 aromatic rings. The quantitative estimate of drug-likeness (QED) is 0.539. The number of anilines is 1. The van der Waals surface area contributed by atoms with Crippen molar-refractivity contribution in [3.8, 4) is 22.9 Å². The second-order valence-electron chi connectivity index (χ2n) is 7.70. The number of rotatable bonds is 3. The fourth-order valence-corrected chi connectivity index (χ4v) is 3.64. The van der Waals surface area contributed by atoms with Crippen LogP contribution in [0.5, 0.6) is 11.6 Å². The first-order chi connectivity index (χ1) is 13.6. The number of nitrogens with zero attached hydrogens (tertiary/aromatic N) is 3. The van der Waals surface area contributed by atoms with E-state index in [4.69, 9.17) is 4.74 Å². The fraction of sp³-hybridized carbons (Fsp3) is 0.174. The number of hydrogen-bond donors (Lipinski definition) is 1. The Bertz CT molecular complexity index is 1190. The van der Waals surface area contributed by atoms with Crippen LogP contribution in [0.1, 0.15) is 19.4 Å². The molecule has 0 saturated carbocycles. The highest BCUT2D eigenvalue weighted by Gasteiger charge is 2.29. The summed E-state index contributed by atoms with van der Waals surface area (Å²) in [5, 5.41) is 4.57.